The number of hydrogen-bond donors (Lipinski definition) is 2. The number of nitrogen functional groups attached to an aromatic ring is 1. The standard InChI is InChI=1S/C11H19N3O2S2/c1-8-10(17-5-4-14(2)3)6-9(12)7-11(8)18(13,15)16/h6-7H,4-5,12H2,1-3H3,(H2,13,15,16). The molecule has 0 amide bonds. The van der Waals surface area contributed by atoms with Crippen LogP contribution in [0.2, 0.25) is 0 Å². The number of nitrogens with zero attached hydrogens (tertiary/aromatic N) is 1. The summed E-state index contributed by atoms with van der Waals surface area (Å²) in [6, 6.07) is 3.19. The molecule has 0 fully saturated rings. The van der Waals surface area contributed by atoms with E-state index >= 15 is 0 Å². The van der Waals surface area contributed by atoms with Crippen molar-refractivity contribution in [2.75, 3.05) is 32.1 Å². The average Bonchev–Trinajstić information content (AvgIpc) is 2.20. The minimum Gasteiger partial charge on any atom is -0.399 e. The van der Waals surface area contributed by atoms with Gasteiger partial charge in [0.1, 0.15) is 0 Å². The molecule has 0 saturated heterocycles. The van der Waals surface area contributed by atoms with Gasteiger partial charge in [0, 0.05) is 22.9 Å². The third-order valence-electron chi connectivity index (χ3n) is 2.44. The number of anilines is 1. The summed E-state index contributed by atoms with van der Waals surface area (Å²) in [7, 11) is 0.254. The topological polar surface area (TPSA) is 89.4 Å². The molecular formula is C11H19N3O2S2. The van der Waals surface area contributed by atoms with Crippen molar-refractivity contribution in [2.45, 2.75) is 16.7 Å². The van der Waals surface area contributed by atoms with Crippen LogP contribution in [0.15, 0.2) is 21.9 Å². The molecule has 0 aliphatic heterocycles. The summed E-state index contributed by atoms with van der Waals surface area (Å²) in [5.41, 5.74) is 6.79. The van der Waals surface area contributed by atoms with Gasteiger partial charge >= 0.3 is 0 Å². The van der Waals surface area contributed by atoms with Crippen LogP contribution >= 0.6 is 11.8 Å². The average molecular weight is 289 g/mol. The Labute approximate surface area is 113 Å². The van der Waals surface area contributed by atoms with E-state index in [2.05, 4.69) is 4.90 Å². The summed E-state index contributed by atoms with van der Waals surface area (Å²) in [6.07, 6.45) is 0. The zero-order chi connectivity index (χ0) is 13.9. The number of thioether (sulfide) groups is 1. The lowest BCUT2D eigenvalue weighted by Gasteiger charge is -2.13. The van der Waals surface area contributed by atoms with E-state index in [-0.39, 0.29) is 4.90 Å². The predicted molar refractivity (Wildman–Crippen MR) is 76.2 cm³/mol. The van der Waals surface area contributed by atoms with Crippen LogP contribution in [0.4, 0.5) is 5.69 Å². The lowest BCUT2D eigenvalue weighted by molar-refractivity contribution is 0.437. The first kappa shape index (κ1) is 15.3. The molecule has 1 rings (SSSR count). The Balaban J connectivity index is 3.03. The molecule has 18 heavy (non-hydrogen) atoms. The molecule has 7 heteroatoms. The summed E-state index contributed by atoms with van der Waals surface area (Å²) < 4.78 is 22.9. The minimum atomic E-state index is -3.72. The van der Waals surface area contributed by atoms with Crippen molar-refractivity contribution in [2.24, 2.45) is 5.14 Å². The van der Waals surface area contributed by atoms with Crippen molar-refractivity contribution in [1.29, 1.82) is 0 Å². The second-order valence-electron chi connectivity index (χ2n) is 4.34. The van der Waals surface area contributed by atoms with Gasteiger partial charge in [-0.2, -0.15) is 0 Å². The maximum atomic E-state index is 11.4. The van der Waals surface area contributed by atoms with Gasteiger partial charge in [0.15, 0.2) is 0 Å². The van der Waals surface area contributed by atoms with Crippen molar-refractivity contribution in [3.8, 4) is 0 Å². The van der Waals surface area contributed by atoms with Crippen LogP contribution in [0.5, 0.6) is 0 Å². The molecule has 0 aliphatic carbocycles. The first-order valence-electron chi connectivity index (χ1n) is 5.42. The Hall–Kier alpha value is -0.760. The van der Waals surface area contributed by atoms with E-state index in [1.165, 1.54) is 6.07 Å². The molecule has 0 aliphatic rings. The lowest BCUT2D eigenvalue weighted by Crippen LogP contribution is -2.16. The molecule has 0 saturated carbocycles. The number of hydrogen-bond acceptors (Lipinski definition) is 5. The molecule has 5 nitrogen and oxygen atoms in total. The molecule has 102 valence electrons. The second-order valence-corrected chi connectivity index (χ2v) is 7.01. The van der Waals surface area contributed by atoms with Gasteiger partial charge in [-0.15, -0.1) is 11.8 Å². The number of primary sulfonamides is 1. The molecule has 0 heterocycles. The largest absolute Gasteiger partial charge is 0.399 e. The van der Waals surface area contributed by atoms with E-state index in [4.69, 9.17) is 10.9 Å². The molecule has 0 spiro atoms. The molecule has 0 aromatic heterocycles. The number of rotatable bonds is 5. The maximum absolute atomic E-state index is 11.4. The Morgan fingerprint density at radius 3 is 2.44 bits per heavy atom. The molecular weight excluding hydrogens is 270 g/mol. The number of benzene rings is 1. The smallest absolute Gasteiger partial charge is 0.238 e. The van der Waals surface area contributed by atoms with Gasteiger partial charge in [-0.25, -0.2) is 13.6 Å². The van der Waals surface area contributed by atoms with Crippen LogP contribution in [0.1, 0.15) is 5.56 Å². The quantitative estimate of drug-likeness (QED) is 0.620. The SMILES string of the molecule is Cc1c(SCCN(C)C)cc(N)cc1S(N)(=O)=O. The van der Waals surface area contributed by atoms with E-state index in [9.17, 15) is 8.42 Å². The molecule has 0 bridgehead atoms. The summed E-state index contributed by atoms with van der Waals surface area (Å²) in [4.78, 5) is 3.03. The van der Waals surface area contributed by atoms with E-state index in [1.54, 1.807) is 24.8 Å². The van der Waals surface area contributed by atoms with Crippen LogP contribution in [0, 0.1) is 6.92 Å². The fourth-order valence-corrected chi connectivity index (χ4v) is 3.59. The van der Waals surface area contributed by atoms with E-state index in [0.29, 0.717) is 11.3 Å². The number of nitrogens with two attached hydrogens (primary N) is 2. The van der Waals surface area contributed by atoms with Gasteiger partial charge in [-0.05, 0) is 38.7 Å². The van der Waals surface area contributed by atoms with Gasteiger partial charge < -0.3 is 10.6 Å². The molecule has 0 unspecified atom stereocenters. The first-order chi connectivity index (χ1) is 8.21. The molecule has 1 aromatic carbocycles. The third-order valence-corrected chi connectivity index (χ3v) is 4.60. The van der Waals surface area contributed by atoms with Gasteiger partial charge in [0.05, 0.1) is 4.90 Å². The van der Waals surface area contributed by atoms with Crippen molar-refractivity contribution in [3.05, 3.63) is 17.7 Å². The molecule has 4 N–H and O–H groups in total. The van der Waals surface area contributed by atoms with Crippen molar-refractivity contribution >= 4 is 27.5 Å². The highest BCUT2D eigenvalue weighted by atomic mass is 32.2. The van der Waals surface area contributed by atoms with Gasteiger partial charge in [0.2, 0.25) is 10.0 Å². The lowest BCUT2D eigenvalue weighted by atomic mass is 10.2. The summed E-state index contributed by atoms with van der Waals surface area (Å²) >= 11 is 1.58. The maximum Gasteiger partial charge on any atom is 0.238 e. The number of sulfonamides is 1. The first-order valence-corrected chi connectivity index (χ1v) is 7.95. The Morgan fingerprint density at radius 2 is 1.94 bits per heavy atom. The molecule has 1 aromatic rings. The van der Waals surface area contributed by atoms with Gasteiger partial charge in [-0.3, -0.25) is 0 Å². The summed E-state index contributed by atoms with van der Waals surface area (Å²) in [6.45, 7) is 2.65. The van der Waals surface area contributed by atoms with E-state index in [0.717, 1.165) is 17.2 Å². The molecule has 0 radical (unpaired) electrons. The van der Waals surface area contributed by atoms with Crippen LogP contribution in [0.25, 0.3) is 0 Å². The predicted octanol–water partition coefficient (Wildman–Crippen LogP) is 0.878. The van der Waals surface area contributed by atoms with E-state index < -0.39 is 10.0 Å². The van der Waals surface area contributed by atoms with Crippen LogP contribution in [0.3, 0.4) is 0 Å². The van der Waals surface area contributed by atoms with E-state index in [1.807, 2.05) is 14.1 Å². The minimum absolute atomic E-state index is 0.106. The van der Waals surface area contributed by atoms with Crippen molar-refractivity contribution in [3.63, 3.8) is 0 Å². The van der Waals surface area contributed by atoms with Crippen molar-refractivity contribution < 1.29 is 8.42 Å². The summed E-state index contributed by atoms with van der Waals surface area (Å²) in [5, 5.41) is 5.17. The highest BCUT2D eigenvalue weighted by molar-refractivity contribution is 7.99. The normalized spacial score (nSPS) is 12.1. The Bertz CT molecular complexity index is 527. The third kappa shape index (κ3) is 4.16. The zero-order valence-corrected chi connectivity index (χ0v) is 12.4. The van der Waals surface area contributed by atoms with Crippen LogP contribution in [-0.4, -0.2) is 39.7 Å². The molecule has 0 atom stereocenters. The fourth-order valence-electron chi connectivity index (χ4n) is 1.47. The highest BCUT2D eigenvalue weighted by Crippen LogP contribution is 2.29. The Kier molecular flexibility index (Phi) is 5.03. The zero-order valence-electron chi connectivity index (χ0n) is 10.8. The second kappa shape index (κ2) is 5.92. The van der Waals surface area contributed by atoms with Crippen LogP contribution < -0.4 is 10.9 Å². The van der Waals surface area contributed by atoms with Gasteiger partial charge in [-0.1, -0.05) is 0 Å². The monoisotopic (exact) mass is 289 g/mol. The highest BCUT2D eigenvalue weighted by Gasteiger charge is 2.15. The van der Waals surface area contributed by atoms with Gasteiger partial charge in [0.25, 0.3) is 0 Å². The van der Waals surface area contributed by atoms with Crippen LogP contribution in [-0.2, 0) is 10.0 Å². The Morgan fingerprint density at radius 1 is 1.33 bits per heavy atom. The van der Waals surface area contributed by atoms with Crippen molar-refractivity contribution in [1.82, 2.24) is 4.90 Å². The summed E-state index contributed by atoms with van der Waals surface area (Å²) in [5.74, 6) is 0.862. The fraction of sp³-hybridized carbons (Fsp3) is 0.455.